The van der Waals surface area contributed by atoms with Crippen LogP contribution in [0.3, 0.4) is 0 Å². The molecule has 2 aromatic rings. The summed E-state index contributed by atoms with van der Waals surface area (Å²) in [5, 5.41) is -0.318. The number of rotatable bonds is 3. The number of amides is 1. The molecule has 0 unspecified atom stereocenters. The number of imidazole rings is 1. The predicted molar refractivity (Wildman–Crippen MR) is 71.8 cm³/mol. The van der Waals surface area contributed by atoms with Gasteiger partial charge in [-0.25, -0.2) is 4.98 Å². The van der Waals surface area contributed by atoms with Crippen molar-refractivity contribution in [2.45, 2.75) is 26.6 Å². The van der Waals surface area contributed by atoms with Crippen molar-refractivity contribution in [3.05, 3.63) is 47.5 Å². The monoisotopic (exact) mass is 315 g/mol. The molecule has 118 valence electrons. The normalized spacial score (nSPS) is 11.5. The maximum absolute atomic E-state index is 13.5. The quantitative estimate of drug-likeness (QED) is 0.642. The topological polar surface area (TPSA) is 38.1 Å². The van der Waals surface area contributed by atoms with Crippen LogP contribution in [-0.2, 0) is 17.5 Å². The zero-order chi connectivity index (χ0) is 16.5. The molecule has 0 saturated carbocycles. The first-order valence-electron chi connectivity index (χ1n) is 6.33. The Morgan fingerprint density at radius 1 is 1.36 bits per heavy atom. The van der Waals surface area contributed by atoms with Gasteiger partial charge >= 0.3 is 6.18 Å². The lowest BCUT2D eigenvalue weighted by Gasteiger charge is -2.17. The van der Waals surface area contributed by atoms with Gasteiger partial charge in [0.1, 0.15) is 0 Å². The van der Waals surface area contributed by atoms with Crippen LogP contribution in [0.1, 0.15) is 23.7 Å². The smallest absolute Gasteiger partial charge is 0.330 e. The lowest BCUT2D eigenvalue weighted by Crippen LogP contribution is -2.20. The van der Waals surface area contributed by atoms with Gasteiger partial charge in [-0.05, 0) is 24.6 Å². The minimum atomic E-state index is -4.66. The van der Waals surface area contributed by atoms with E-state index in [9.17, 15) is 22.4 Å². The number of carbonyl (C=O) groups is 1. The fourth-order valence-electron chi connectivity index (χ4n) is 2.01. The standard InChI is InChI=1S/C14H13F4N3O/c1-9-6-19-8-20(9)7-11-3-4-12(21(18)10(2)22)5-13(11)14(15,16)17/h3-6,8H,7H2,1-2H3. The zero-order valence-electron chi connectivity index (χ0n) is 11.9. The lowest BCUT2D eigenvalue weighted by molar-refractivity contribution is -0.138. The van der Waals surface area contributed by atoms with Gasteiger partial charge in [0.15, 0.2) is 0 Å². The van der Waals surface area contributed by atoms with Crippen molar-refractivity contribution in [1.29, 1.82) is 0 Å². The highest BCUT2D eigenvalue weighted by atomic mass is 19.4. The van der Waals surface area contributed by atoms with Crippen LogP contribution >= 0.6 is 0 Å². The molecule has 1 heterocycles. The molecule has 1 amide bonds. The highest BCUT2D eigenvalue weighted by Crippen LogP contribution is 2.35. The number of anilines is 1. The van der Waals surface area contributed by atoms with Crippen molar-refractivity contribution in [2.75, 3.05) is 5.12 Å². The summed E-state index contributed by atoms with van der Waals surface area (Å²) in [6.45, 7) is 2.59. The van der Waals surface area contributed by atoms with E-state index in [4.69, 9.17) is 0 Å². The summed E-state index contributed by atoms with van der Waals surface area (Å²) >= 11 is 0. The summed E-state index contributed by atoms with van der Waals surface area (Å²) in [5.41, 5.74) is -0.768. The molecule has 8 heteroatoms. The highest BCUT2D eigenvalue weighted by Gasteiger charge is 2.34. The molecule has 1 aromatic carbocycles. The second kappa shape index (κ2) is 5.78. The first-order chi connectivity index (χ1) is 10.2. The summed E-state index contributed by atoms with van der Waals surface area (Å²) in [6.07, 6.45) is -1.71. The second-order valence-corrected chi connectivity index (χ2v) is 4.80. The first-order valence-corrected chi connectivity index (χ1v) is 6.33. The van der Waals surface area contributed by atoms with E-state index in [1.165, 1.54) is 12.5 Å². The van der Waals surface area contributed by atoms with E-state index in [0.29, 0.717) is 11.8 Å². The van der Waals surface area contributed by atoms with Crippen LogP contribution in [0.4, 0.5) is 23.3 Å². The molecule has 0 saturated heterocycles. The molecule has 0 aliphatic rings. The van der Waals surface area contributed by atoms with E-state index in [1.54, 1.807) is 11.5 Å². The van der Waals surface area contributed by atoms with E-state index < -0.39 is 23.3 Å². The third-order valence-electron chi connectivity index (χ3n) is 3.16. The number of benzene rings is 1. The number of hydrogen-bond donors (Lipinski definition) is 0. The van der Waals surface area contributed by atoms with Gasteiger partial charge in [0.05, 0.1) is 17.6 Å². The first kappa shape index (κ1) is 16.0. The minimum Gasteiger partial charge on any atom is -0.330 e. The average Bonchev–Trinajstić information content (AvgIpc) is 2.82. The molecule has 22 heavy (non-hydrogen) atoms. The summed E-state index contributed by atoms with van der Waals surface area (Å²) in [7, 11) is 0. The predicted octanol–water partition coefficient (Wildman–Crippen LogP) is 3.50. The van der Waals surface area contributed by atoms with Crippen LogP contribution in [0, 0.1) is 6.92 Å². The molecular formula is C14H13F4N3O. The Morgan fingerprint density at radius 2 is 2.05 bits per heavy atom. The number of nitrogens with zero attached hydrogens (tertiary/aromatic N) is 3. The molecule has 0 aliphatic heterocycles. The number of alkyl halides is 3. The summed E-state index contributed by atoms with van der Waals surface area (Å²) < 4.78 is 54.6. The van der Waals surface area contributed by atoms with Gasteiger partial charge in [-0.2, -0.15) is 13.2 Å². The average molecular weight is 315 g/mol. The molecule has 0 atom stereocenters. The summed E-state index contributed by atoms with van der Waals surface area (Å²) in [4.78, 5) is 14.8. The van der Waals surface area contributed by atoms with Gasteiger partial charge in [-0.3, -0.25) is 4.79 Å². The Kier molecular flexibility index (Phi) is 4.20. The molecule has 0 aliphatic carbocycles. The second-order valence-electron chi connectivity index (χ2n) is 4.80. The molecule has 4 nitrogen and oxygen atoms in total. The molecule has 0 radical (unpaired) electrons. The van der Waals surface area contributed by atoms with E-state index in [2.05, 4.69) is 4.98 Å². The molecule has 0 fully saturated rings. The zero-order valence-corrected chi connectivity index (χ0v) is 11.9. The van der Waals surface area contributed by atoms with Gasteiger partial charge in [-0.15, -0.1) is 5.12 Å². The van der Waals surface area contributed by atoms with Crippen LogP contribution in [0.25, 0.3) is 0 Å². The maximum Gasteiger partial charge on any atom is 0.416 e. The Hall–Kier alpha value is -2.38. The largest absolute Gasteiger partial charge is 0.416 e. The lowest BCUT2D eigenvalue weighted by atomic mass is 10.1. The van der Waals surface area contributed by atoms with Crippen LogP contribution in [0.5, 0.6) is 0 Å². The fraction of sp³-hybridized carbons (Fsp3) is 0.286. The maximum atomic E-state index is 13.5. The van der Waals surface area contributed by atoms with Gasteiger partial charge in [0, 0.05) is 25.4 Å². The Morgan fingerprint density at radius 3 is 2.55 bits per heavy atom. The Balaban J connectivity index is 2.46. The summed E-state index contributed by atoms with van der Waals surface area (Å²) in [6, 6.07) is 2.92. The SMILES string of the molecule is CC(=O)N(F)c1ccc(Cn2cncc2C)c(C(F)(F)F)c1. The van der Waals surface area contributed by atoms with Gasteiger partial charge in [0.2, 0.25) is 0 Å². The molecule has 2 rings (SSSR count). The number of halogens is 4. The minimum absolute atomic E-state index is 0.0331. The van der Waals surface area contributed by atoms with Crippen LogP contribution < -0.4 is 5.12 Å². The Labute approximate surface area is 123 Å². The van der Waals surface area contributed by atoms with Crippen molar-refractivity contribution in [2.24, 2.45) is 0 Å². The van der Waals surface area contributed by atoms with E-state index in [0.717, 1.165) is 19.1 Å². The van der Waals surface area contributed by atoms with Gasteiger partial charge in [0.25, 0.3) is 5.91 Å². The third kappa shape index (κ3) is 3.26. The van der Waals surface area contributed by atoms with E-state index in [-0.39, 0.29) is 17.2 Å². The van der Waals surface area contributed by atoms with Crippen molar-refractivity contribution in [3.8, 4) is 0 Å². The van der Waals surface area contributed by atoms with E-state index in [1.807, 2.05) is 0 Å². The van der Waals surface area contributed by atoms with Crippen molar-refractivity contribution >= 4 is 11.6 Å². The molecular weight excluding hydrogens is 302 g/mol. The molecule has 0 N–H and O–H groups in total. The number of aromatic nitrogens is 2. The van der Waals surface area contributed by atoms with Crippen LogP contribution in [-0.4, -0.2) is 15.5 Å². The van der Waals surface area contributed by atoms with Crippen molar-refractivity contribution in [1.82, 2.24) is 9.55 Å². The van der Waals surface area contributed by atoms with Crippen molar-refractivity contribution < 1.29 is 22.4 Å². The molecule has 1 aromatic heterocycles. The number of carbonyl (C=O) groups excluding carboxylic acids is 1. The van der Waals surface area contributed by atoms with Crippen LogP contribution in [0.2, 0.25) is 0 Å². The summed E-state index contributed by atoms with van der Waals surface area (Å²) in [5.74, 6) is -0.994. The van der Waals surface area contributed by atoms with Gasteiger partial charge < -0.3 is 4.57 Å². The van der Waals surface area contributed by atoms with Gasteiger partial charge in [-0.1, -0.05) is 10.5 Å². The van der Waals surface area contributed by atoms with E-state index >= 15 is 0 Å². The Bertz CT molecular complexity index is 694. The number of aryl methyl sites for hydroxylation is 1. The fourth-order valence-corrected chi connectivity index (χ4v) is 2.01. The number of hydrogen-bond acceptors (Lipinski definition) is 2. The van der Waals surface area contributed by atoms with Crippen LogP contribution in [0.15, 0.2) is 30.7 Å². The van der Waals surface area contributed by atoms with Crippen molar-refractivity contribution in [3.63, 3.8) is 0 Å². The third-order valence-corrected chi connectivity index (χ3v) is 3.16. The molecule has 0 bridgehead atoms. The highest BCUT2D eigenvalue weighted by molar-refractivity contribution is 5.89. The molecule has 0 spiro atoms.